The van der Waals surface area contributed by atoms with Crippen molar-refractivity contribution in [1.29, 1.82) is 0 Å². The molecule has 3 aromatic heterocycles. The second-order valence-corrected chi connectivity index (χ2v) is 10.5. The smallest absolute Gasteiger partial charge is 0.283 e. The Morgan fingerprint density at radius 3 is 2.69 bits per heavy atom. The number of nitrogens with two attached hydrogens (primary N) is 1. The summed E-state index contributed by atoms with van der Waals surface area (Å²) in [7, 11) is 0.0417. The van der Waals surface area contributed by atoms with Crippen LogP contribution in [-0.4, -0.2) is 39.6 Å². The molecule has 0 aliphatic heterocycles. The van der Waals surface area contributed by atoms with Gasteiger partial charge in [0.1, 0.15) is 27.4 Å². The van der Waals surface area contributed by atoms with Crippen LogP contribution in [0.15, 0.2) is 50.7 Å². The van der Waals surface area contributed by atoms with Gasteiger partial charge in [-0.1, -0.05) is 17.7 Å². The number of benzene rings is 1. The zero-order valence-electron chi connectivity index (χ0n) is 22.0. The van der Waals surface area contributed by atoms with E-state index in [0.29, 0.717) is 50.5 Å². The van der Waals surface area contributed by atoms with Crippen molar-refractivity contribution in [3.8, 4) is 11.5 Å². The Balaban J connectivity index is 1.86. The maximum absolute atomic E-state index is 13.5. The van der Waals surface area contributed by atoms with Gasteiger partial charge in [0.25, 0.3) is 5.91 Å². The van der Waals surface area contributed by atoms with Gasteiger partial charge in [-0.2, -0.15) is 0 Å². The summed E-state index contributed by atoms with van der Waals surface area (Å²) < 4.78 is 20.3. The molecule has 0 fully saturated rings. The minimum atomic E-state index is -1.59. The number of aliphatic imine (C=N–C) groups is 1. The molecule has 4 rings (SSSR count). The SMILES string of the molecule is CN=Cc1cc(-c2oc3c(C(C)Nc4ccc(Cl)nc4C(=O)NS(C)=O)cc(C)cc3c(=O)c2C)ncc1N. The third-order valence-corrected chi connectivity index (χ3v) is 6.70. The van der Waals surface area contributed by atoms with Crippen LogP contribution in [0.4, 0.5) is 11.4 Å². The quantitative estimate of drug-likeness (QED) is 0.220. The predicted octanol–water partition coefficient (Wildman–Crippen LogP) is 4.35. The second-order valence-electron chi connectivity index (χ2n) is 8.98. The van der Waals surface area contributed by atoms with Gasteiger partial charge in [0, 0.05) is 36.2 Å². The number of aromatic nitrogens is 2. The Morgan fingerprint density at radius 2 is 2.00 bits per heavy atom. The van der Waals surface area contributed by atoms with Gasteiger partial charge in [-0.05, 0) is 50.6 Å². The summed E-state index contributed by atoms with van der Waals surface area (Å²) in [5.41, 5.74) is 10.0. The number of carbonyl (C=O) groups excluding carboxylic acids is 1. The van der Waals surface area contributed by atoms with E-state index in [4.69, 9.17) is 21.8 Å². The fraction of sp³-hybridized carbons (Fsp3) is 0.222. The van der Waals surface area contributed by atoms with Crippen molar-refractivity contribution in [3.63, 3.8) is 0 Å². The first-order chi connectivity index (χ1) is 18.5. The molecule has 0 aliphatic rings. The fourth-order valence-corrected chi connectivity index (χ4v) is 4.71. The Morgan fingerprint density at radius 1 is 1.26 bits per heavy atom. The number of fused-ring (bicyclic) bond motifs is 1. The molecule has 0 spiro atoms. The number of hydrogen-bond donors (Lipinski definition) is 3. The minimum Gasteiger partial charge on any atom is -0.454 e. The Labute approximate surface area is 232 Å². The number of halogens is 1. The van der Waals surface area contributed by atoms with Crippen LogP contribution >= 0.6 is 11.6 Å². The van der Waals surface area contributed by atoms with Gasteiger partial charge in [-0.3, -0.25) is 24.3 Å². The van der Waals surface area contributed by atoms with E-state index in [1.165, 1.54) is 18.5 Å². The predicted molar refractivity (Wildman–Crippen MR) is 156 cm³/mol. The molecular formula is C27H27ClN6O4S. The maximum atomic E-state index is 13.5. The summed E-state index contributed by atoms with van der Waals surface area (Å²) in [4.78, 5) is 38.7. The average Bonchev–Trinajstić information content (AvgIpc) is 2.88. The number of rotatable bonds is 7. The van der Waals surface area contributed by atoms with E-state index in [0.717, 1.165) is 5.56 Å². The molecule has 1 amide bonds. The maximum Gasteiger partial charge on any atom is 0.283 e. The number of nitrogen functional groups attached to an aromatic ring is 1. The normalized spacial score (nSPS) is 13.0. The van der Waals surface area contributed by atoms with Gasteiger partial charge < -0.3 is 15.5 Å². The number of pyridine rings is 2. The Kier molecular flexibility index (Phi) is 8.12. The fourth-order valence-electron chi connectivity index (χ4n) is 4.20. The van der Waals surface area contributed by atoms with Crippen LogP contribution in [0.2, 0.25) is 5.15 Å². The number of nitrogens with zero attached hydrogens (tertiary/aromatic N) is 3. The first kappa shape index (κ1) is 27.9. The molecule has 1 aromatic carbocycles. The summed E-state index contributed by atoms with van der Waals surface area (Å²) in [5.74, 6) is -0.332. The highest BCUT2D eigenvalue weighted by atomic mass is 35.5. The van der Waals surface area contributed by atoms with Gasteiger partial charge in [0.2, 0.25) is 0 Å². The Hall–Kier alpha value is -4.09. The molecule has 2 unspecified atom stereocenters. The molecule has 0 bridgehead atoms. The summed E-state index contributed by atoms with van der Waals surface area (Å²) in [6.07, 6.45) is 4.45. The molecule has 3 heterocycles. The van der Waals surface area contributed by atoms with Crippen molar-refractivity contribution in [2.45, 2.75) is 26.8 Å². The molecule has 39 heavy (non-hydrogen) atoms. The van der Waals surface area contributed by atoms with E-state index in [-0.39, 0.29) is 16.3 Å². The molecule has 12 heteroatoms. The van der Waals surface area contributed by atoms with Gasteiger partial charge in [0.05, 0.1) is 29.0 Å². The first-order valence-corrected chi connectivity index (χ1v) is 13.8. The van der Waals surface area contributed by atoms with E-state index in [1.807, 2.05) is 19.9 Å². The van der Waals surface area contributed by atoms with Crippen LogP contribution in [0.25, 0.3) is 22.4 Å². The molecule has 4 aromatic rings. The molecule has 202 valence electrons. The molecule has 0 saturated heterocycles. The standard InChI is InChI=1S/C27H27ClN6O4S/c1-13-8-17(15(3)32-20-6-7-22(28)33-23(20)27(36)34-39(5)37)26-18(9-13)24(35)14(2)25(38-26)21-10-16(11-30-4)19(29)12-31-21/h6-12,15,32H,29H2,1-5H3,(H,34,36). The zero-order valence-corrected chi connectivity index (χ0v) is 23.5. The van der Waals surface area contributed by atoms with E-state index in [1.54, 1.807) is 38.4 Å². The highest BCUT2D eigenvalue weighted by Crippen LogP contribution is 2.32. The lowest BCUT2D eigenvalue weighted by molar-refractivity contribution is 0.0979. The van der Waals surface area contributed by atoms with Crippen molar-refractivity contribution in [2.75, 3.05) is 24.4 Å². The lowest BCUT2D eigenvalue weighted by Gasteiger charge is -2.20. The van der Waals surface area contributed by atoms with E-state index in [9.17, 15) is 13.8 Å². The number of nitrogens with one attached hydrogen (secondary N) is 2. The average molecular weight is 567 g/mol. The second kappa shape index (κ2) is 11.3. The third-order valence-electron chi connectivity index (χ3n) is 6.01. The van der Waals surface area contributed by atoms with Crippen LogP contribution < -0.4 is 21.2 Å². The zero-order chi connectivity index (χ0) is 28.4. The number of aryl methyl sites for hydroxylation is 1. The van der Waals surface area contributed by atoms with Gasteiger partial charge in [0.15, 0.2) is 16.9 Å². The van der Waals surface area contributed by atoms with Gasteiger partial charge in [-0.15, -0.1) is 0 Å². The molecule has 10 nitrogen and oxygen atoms in total. The number of hydrogen-bond acceptors (Lipinski definition) is 9. The van der Waals surface area contributed by atoms with Crippen LogP contribution in [0, 0.1) is 13.8 Å². The summed E-state index contributed by atoms with van der Waals surface area (Å²) in [5, 5.41) is 3.78. The lowest BCUT2D eigenvalue weighted by Crippen LogP contribution is -2.27. The van der Waals surface area contributed by atoms with Crippen molar-refractivity contribution in [1.82, 2.24) is 14.7 Å². The summed E-state index contributed by atoms with van der Waals surface area (Å²) in [6.45, 7) is 5.44. The molecular weight excluding hydrogens is 540 g/mol. The molecule has 2 atom stereocenters. The van der Waals surface area contributed by atoms with E-state index in [2.05, 4.69) is 25.0 Å². The molecule has 0 saturated carbocycles. The van der Waals surface area contributed by atoms with Gasteiger partial charge in [-0.25, -0.2) is 9.19 Å². The summed E-state index contributed by atoms with van der Waals surface area (Å²) in [6, 6.07) is 8.09. The van der Waals surface area contributed by atoms with Crippen LogP contribution in [0.3, 0.4) is 0 Å². The molecule has 0 radical (unpaired) electrons. The van der Waals surface area contributed by atoms with Crippen LogP contribution in [0.1, 0.15) is 45.7 Å². The van der Waals surface area contributed by atoms with Crippen LogP contribution in [-0.2, 0) is 11.0 Å². The minimum absolute atomic E-state index is 0.0179. The number of carbonyl (C=O) groups is 1. The number of anilines is 2. The first-order valence-electron chi connectivity index (χ1n) is 11.8. The van der Waals surface area contributed by atoms with Crippen molar-refractivity contribution < 1.29 is 13.4 Å². The third kappa shape index (κ3) is 5.84. The van der Waals surface area contributed by atoms with E-state index >= 15 is 0 Å². The van der Waals surface area contributed by atoms with Crippen LogP contribution in [0.5, 0.6) is 0 Å². The van der Waals surface area contributed by atoms with Crippen molar-refractivity contribution in [2.24, 2.45) is 4.99 Å². The Bertz CT molecular complexity index is 1720. The van der Waals surface area contributed by atoms with Crippen molar-refractivity contribution >= 4 is 57.1 Å². The molecule has 4 N–H and O–H groups in total. The largest absolute Gasteiger partial charge is 0.454 e. The van der Waals surface area contributed by atoms with Crippen molar-refractivity contribution in [3.05, 3.63) is 79.9 Å². The topological polar surface area (TPSA) is 153 Å². The highest BCUT2D eigenvalue weighted by Gasteiger charge is 2.22. The number of amides is 1. The highest BCUT2D eigenvalue weighted by molar-refractivity contribution is 7.82. The monoisotopic (exact) mass is 566 g/mol. The summed E-state index contributed by atoms with van der Waals surface area (Å²) >= 11 is 6.03. The van der Waals surface area contributed by atoms with Gasteiger partial charge >= 0.3 is 0 Å². The van der Waals surface area contributed by atoms with E-state index < -0.39 is 22.9 Å². The molecule has 0 aliphatic carbocycles. The lowest BCUT2D eigenvalue weighted by atomic mass is 9.99.